The maximum atomic E-state index is 9.72. The summed E-state index contributed by atoms with van der Waals surface area (Å²) in [6, 6.07) is 17.6. The number of nitriles is 1. The Morgan fingerprint density at radius 3 is 2.74 bits per heavy atom. The zero-order chi connectivity index (χ0) is 19.0. The molecule has 27 heavy (non-hydrogen) atoms. The first-order valence-electron chi connectivity index (χ1n) is 8.26. The van der Waals surface area contributed by atoms with Gasteiger partial charge in [0.25, 0.3) is 0 Å². The molecular weight excluding hydrogens is 408 g/mol. The summed E-state index contributed by atoms with van der Waals surface area (Å²) in [5.41, 5.74) is 3.32. The van der Waals surface area contributed by atoms with Gasteiger partial charge in [0.2, 0.25) is 11.8 Å². The number of hydrogen-bond acceptors (Lipinski definition) is 5. The molecule has 1 aliphatic heterocycles. The van der Waals surface area contributed by atoms with E-state index >= 15 is 0 Å². The van der Waals surface area contributed by atoms with Crippen LogP contribution in [0.5, 0.6) is 11.6 Å². The van der Waals surface area contributed by atoms with Crippen LogP contribution in [0.4, 0.5) is 0 Å². The van der Waals surface area contributed by atoms with Crippen LogP contribution in [0.2, 0.25) is 0 Å². The molecule has 4 rings (SSSR count). The number of fused-ring (bicyclic) bond motifs is 1. The van der Waals surface area contributed by atoms with Crippen molar-refractivity contribution in [3.05, 3.63) is 64.1 Å². The van der Waals surface area contributed by atoms with E-state index in [1.807, 2.05) is 48.5 Å². The van der Waals surface area contributed by atoms with E-state index in [9.17, 15) is 5.26 Å². The molecular formula is C20H15BrN4O2. The Morgan fingerprint density at radius 2 is 2.04 bits per heavy atom. The van der Waals surface area contributed by atoms with Crippen molar-refractivity contribution in [1.29, 1.82) is 10.7 Å². The lowest BCUT2D eigenvalue weighted by Crippen LogP contribution is -2.30. The number of aromatic nitrogens is 2. The average molecular weight is 423 g/mol. The number of aromatic amines is 1. The van der Waals surface area contributed by atoms with E-state index in [1.165, 1.54) is 0 Å². The normalized spacial score (nSPS) is 18.3. The Labute approximate surface area is 164 Å². The highest BCUT2D eigenvalue weighted by molar-refractivity contribution is 9.10. The lowest BCUT2D eigenvalue weighted by molar-refractivity contribution is 0.415. The molecule has 7 heteroatoms. The van der Waals surface area contributed by atoms with Gasteiger partial charge < -0.3 is 9.47 Å². The number of H-pyrrole nitrogens is 1. The summed E-state index contributed by atoms with van der Waals surface area (Å²) < 4.78 is 11.8. The summed E-state index contributed by atoms with van der Waals surface area (Å²) in [5.74, 6) is -0.142. The minimum absolute atomic E-state index is 0.0957. The second kappa shape index (κ2) is 6.89. The molecule has 3 aromatic rings. The maximum Gasteiger partial charge on any atom is 0.244 e. The standard InChI is InChI=1S/C20H15BrN4O2/c1-26-14-4-2-3-12(9-14)18-17-16(11-5-7-13(21)8-6-11)15(10-22)19(23)27-20(17)25-24-18/h2-9,15-16,23H,1H3,(H,24,25). The first-order valence-corrected chi connectivity index (χ1v) is 9.05. The van der Waals surface area contributed by atoms with E-state index in [-0.39, 0.29) is 11.8 Å². The molecule has 0 saturated carbocycles. The molecule has 0 spiro atoms. The molecule has 6 nitrogen and oxygen atoms in total. The van der Waals surface area contributed by atoms with Crippen LogP contribution in [0.1, 0.15) is 17.0 Å². The van der Waals surface area contributed by atoms with Crippen molar-refractivity contribution < 1.29 is 9.47 Å². The van der Waals surface area contributed by atoms with Gasteiger partial charge in [-0.25, -0.2) is 0 Å². The number of nitrogens with zero attached hydrogens (tertiary/aromatic N) is 2. The summed E-state index contributed by atoms with van der Waals surface area (Å²) in [4.78, 5) is 0. The van der Waals surface area contributed by atoms with Crippen LogP contribution in [0, 0.1) is 22.7 Å². The van der Waals surface area contributed by atoms with Crippen molar-refractivity contribution in [2.45, 2.75) is 5.92 Å². The average Bonchev–Trinajstić information content (AvgIpc) is 3.11. The molecule has 2 aromatic carbocycles. The van der Waals surface area contributed by atoms with Gasteiger partial charge in [-0.3, -0.25) is 10.5 Å². The van der Waals surface area contributed by atoms with Crippen LogP contribution in [-0.4, -0.2) is 23.2 Å². The third kappa shape index (κ3) is 2.98. The lowest BCUT2D eigenvalue weighted by Gasteiger charge is -2.28. The molecule has 134 valence electrons. The molecule has 2 unspecified atom stereocenters. The first-order chi connectivity index (χ1) is 13.1. The molecule has 2 heterocycles. The molecule has 0 aliphatic carbocycles. The smallest absolute Gasteiger partial charge is 0.244 e. The van der Waals surface area contributed by atoms with E-state index in [0.717, 1.165) is 32.6 Å². The molecule has 2 atom stereocenters. The minimum Gasteiger partial charge on any atom is -0.497 e. The van der Waals surface area contributed by atoms with Gasteiger partial charge in [-0.05, 0) is 29.8 Å². The molecule has 0 amide bonds. The van der Waals surface area contributed by atoms with E-state index in [1.54, 1.807) is 7.11 Å². The van der Waals surface area contributed by atoms with Gasteiger partial charge >= 0.3 is 0 Å². The van der Waals surface area contributed by atoms with Gasteiger partial charge in [0.15, 0.2) is 0 Å². The summed E-state index contributed by atoms with van der Waals surface area (Å²) in [5, 5.41) is 25.1. The van der Waals surface area contributed by atoms with Crippen molar-refractivity contribution in [2.24, 2.45) is 5.92 Å². The van der Waals surface area contributed by atoms with Gasteiger partial charge in [-0.1, -0.05) is 40.2 Å². The van der Waals surface area contributed by atoms with E-state index in [0.29, 0.717) is 5.88 Å². The maximum absolute atomic E-state index is 9.72. The SMILES string of the molecule is COc1cccc(-c2[nH]nc3c2C(c2ccc(Br)cc2)C(C#N)C(=N)O3)c1. The molecule has 0 saturated heterocycles. The fraction of sp³-hybridized carbons (Fsp3) is 0.150. The minimum atomic E-state index is -0.736. The van der Waals surface area contributed by atoms with Crippen LogP contribution in [0.25, 0.3) is 11.3 Å². The van der Waals surface area contributed by atoms with Crippen LogP contribution >= 0.6 is 15.9 Å². The first kappa shape index (κ1) is 17.3. The topological polar surface area (TPSA) is 94.8 Å². The third-order valence-electron chi connectivity index (χ3n) is 4.63. The van der Waals surface area contributed by atoms with Crippen molar-refractivity contribution >= 4 is 21.8 Å². The Hall–Kier alpha value is -3.11. The van der Waals surface area contributed by atoms with Crippen molar-refractivity contribution in [3.8, 4) is 29.0 Å². The fourth-order valence-corrected chi connectivity index (χ4v) is 3.61. The number of ether oxygens (including phenoxy) is 2. The number of rotatable bonds is 3. The van der Waals surface area contributed by atoms with Crippen LogP contribution < -0.4 is 9.47 Å². The fourth-order valence-electron chi connectivity index (χ4n) is 3.35. The Balaban J connectivity index is 1.92. The summed E-state index contributed by atoms with van der Waals surface area (Å²) in [7, 11) is 1.61. The van der Waals surface area contributed by atoms with Gasteiger partial charge in [0.05, 0.1) is 24.4 Å². The second-order valence-corrected chi connectivity index (χ2v) is 7.07. The molecule has 2 N–H and O–H groups in total. The highest BCUT2D eigenvalue weighted by Crippen LogP contribution is 2.46. The molecule has 1 aromatic heterocycles. The number of methoxy groups -OCH3 is 1. The van der Waals surface area contributed by atoms with Crippen molar-refractivity contribution in [3.63, 3.8) is 0 Å². The molecule has 0 bridgehead atoms. The molecule has 0 fully saturated rings. The predicted molar refractivity (Wildman–Crippen MR) is 104 cm³/mol. The highest BCUT2D eigenvalue weighted by Gasteiger charge is 2.40. The summed E-state index contributed by atoms with van der Waals surface area (Å²) >= 11 is 3.44. The van der Waals surface area contributed by atoms with Crippen molar-refractivity contribution in [1.82, 2.24) is 10.2 Å². The predicted octanol–water partition coefficient (Wildman–Crippen LogP) is 4.49. The van der Waals surface area contributed by atoms with E-state index in [2.05, 4.69) is 32.2 Å². The Kier molecular flexibility index (Phi) is 4.42. The van der Waals surface area contributed by atoms with Gasteiger partial charge in [-0.15, -0.1) is 5.10 Å². The number of benzene rings is 2. The number of nitrogens with one attached hydrogen (secondary N) is 2. The zero-order valence-corrected chi connectivity index (χ0v) is 15.9. The zero-order valence-electron chi connectivity index (χ0n) is 14.4. The highest BCUT2D eigenvalue weighted by atomic mass is 79.9. The molecule has 0 radical (unpaired) electrons. The Morgan fingerprint density at radius 1 is 1.26 bits per heavy atom. The van der Waals surface area contributed by atoms with E-state index in [4.69, 9.17) is 14.9 Å². The summed E-state index contributed by atoms with van der Waals surface area (Å²) in [6.45, 7) is 0. The van der Waals surface area contributed by atoms with E-state index < -0.39 is 5.92 Å². The van der Waals surface area contributed by atoms with Gasteiger partial charge in [0, 0.05) is 16.0 Å². The monoisotopic (exact) mass is 422 g/mol. The summed E-state index contributed by atoms with van der Waals surface area (Å²) in [6.07, 6.45) is 0. The molecule has 1 aliphatic rings. The van der Waals surface area contributed by atoms with Gasteiger partial charge in [0.1, 0.15) is 11.7 Å². The van der Waals surface area contributed by atoms with Crippen LogP contribution in [0.15, 0.2) is 53.0 Å². The number of hydrogen-bond donors (Lipinski definition) is 2. The third-order valence-corrected chi connectivity index (χ3v) is 5.16. The largest absolute Gasteiger partial charge is 0.497 e. The van der Waals surface area contributed by atoms with Crippen LogP contribution in [-0.2, 0) is 0 Å². The quantitative estimate of drug-likeness (QED) is 0.649. The number of halogens is 1. The van der Waals surface area contributed by atoms with Crippen LogP contribution in [0.3, 0.4) is 0 Å². The van der Waals surface area contributed by atoms with Crippen molar-refractivity contribution in [2.75, 3.05) is 7.11 Å². The van der Waals surface area contributed by atoms with Gasteiger partial charge in [-0.2, -0.15) is 5.26 Å². The lowest BCUT2D eigenvalue weighted by atomic mass is 9.79. The second-order valence-electron chi connectivity index (χ2n) is 6.15. The Bertz CT molecular complexity index is 1050.